The van der Waals surface area contributed by atoms with Crippen molar-refractivity contribution in [3.8, 4) is 0 Å². The minimum atomic E-state index is -0.172. The number of nitrogens with two attached hydrogens (primary N) is 2. The quantitative estimate of drug-likeness (QED) is 0.816. The number of carbonyl (C=O) groups is 1. The van der Waals surface area contributed by atoms with Gasteiger partial charge in [0, 0.05) is 24.7 Å². The SMILES string of the molecule is CCC(N)C(N1CC(C(N)=O)CCC1C)C(C)(C)C. The van der Waals surface area contributed by atoms with Crippen molar-refractivity contribution >= 4 is 5.91 Å². The minimum absolute atomic E-state index is 0.0230. The molecule has 0 saturated carbocycles. The highest BCUT2D eigenvalue weighted by atomic mass is 16.1. The number of hydrogen-bond donors (Lipinski definition) is 2. The third-order valence-corrected chi connectivity index (χ3v) is 4.45. The normalized spacial score (nSPS) is 28.9. The Labute approximate surface area is 117 Å². The standard InChI is InChI=1S/C15H31N3O/c1-6-12(16)13(15(3,4)5)18-9-11(14(17)19)8-7-10(18)2/h10-13H,6-9,16H2,1-5H3,(H2,17,19). The van der Waals surface area contributed by atoms with Gasteiger partial charge in [-0.2, -0.15) is 0 Å². The molecule has 1 rings (SSSR count). The van der Waals surface area contributed by atoms with Crippen molar-refractivity contribution in [1.82, 2.24) is 4.90 Å². The second-order valence-corrected chi connectivity index (χ2v) is 7.11. The number of carbonyl (C=O) groups excluding carboxylic acids is 1. The molecule has 4 N–H and O–H groups in total. The second-order valence-electron chi connectivity index (χ2n) is 7.11. The maximum absolute atomic E-state index is 11.5. The zero-order chi connectivity index (χ0) is 14.8. The van der Waals surface area contributed by atoms with E-state index in [0.717, 1.165) is 25.8 Å². The van der Waals surface area contributed by atoms with Crippen molar-refractivity contribution in [3.63, 3.8) is 0 Å². The monoisotopic (exact) mass is 269 g/mol. The first-order valence-electron chi connectivity index (χ1n) is 7.49. The van der Waals surface area contributed by atoms with Gasteiger partial charge in [0.05, 0.1) is 5.92 Å². The topological polar surface area (TPSA) is 72.3 Å². The number of hydrogen-bond acceptors (Lipinski definition) is 3. The van der Waals surface area contributed by atoms with E-state index in [1.54, 1.807) is 0 Å². The number of nitrogens with zero attached hydrogens (tertiary/aromatic N) is 1. The summed E-state index contributed by atoms with van der Waals surface area (Å²) >= 11 is 0. The van der Waals surface area contributed by atoms with Crippen molar-refractivity contribution < 1.29 is 4.79 Å². The fraction of sp³-hybridized carbons (Fsp3) is 0.933. The Morgan fingerprint density at radius 1 is 1.37 bits per heavy atom. The summed E-state index contributed by atoms with van der Waals surface area (Å²) in [6, 6.07) is 0.890. The molecule has 1 aliphatic rings. The van der Waals surface area contributed by atoms with E-state index in [4.69, 9.17) is 11.5 Å². The molecule has 0 aromatic rings. The number of primary amides is 1. The molecule has 4 nitrogen and oxygen atoms in total. The van der Waals surface area contributed by atoms with Crippen LogP contribution in [0.5, 0.6) is 0 Å². The molecule has 0 aromatic heterocycles. The summed E-state index contributed by atoms with van der Waals surface area (Å²) in [6.07, 6.45) is 2.88. The van der Waals surface area contributed by atoms with Gasteiger partial charge < -0.3 is 11.5 Å². The minimum Gasteiger partial charge on any atom is -0.369 e. The van der Waals surface area contributed by atoms with Crippen LogP contribution < -0.4 is 11.5 Å². The van der Waals surface area contributed by atoms with Gasteiger partial charge in [-0.15, -0.1) is 0 Å². The Balaban J connectivity index is 2.95. The summed E-state index contributed by atoms with van der Waals surface area (Å²) in [5.74, 6) is -0.195. The molecule has 1 heterocycles. The highest BCUT2D eigenvalue weighted by molar-refractivity contribution is 5.77. The molecule has 112 valence electrons. The van der Waals surface area contributed by atoms with E-state index < -0.39 is 0 Å². The van der Waals surface area contributed by atoms with Gasteiger partial charge in [0.1, 0.15) is 0 Å². The van der Waals surface area contributed by atoms with E-state index in [0.29, 0.717) is 6.04 Å². The first-order chi connectivity index (χ1) is 8.68. The van der Waals surface area contributed by atoms with Crippen LogP contribution in [-0.4, -0.2) is 35.5 Å². The van der Waals surface area contributed by atoms with Crippen molar-refractivity contribution in [2.75, 3.05) is 6.54 Å². The number of piperidine rings is 1. The predicted molar refractivity (Wildman–Crippen MR) is 79.6 cm³/mol. The summed E-state index contributed by atoms with van der Waals surface area (Å²) in [7, 11) is 0. The number of rotatable bonds is 4. The first-order valence-corrected chi connectivity index (χ1v) is 7.49. The highest BCUT2D eigenvalue weighted by Gasteiger charge is 2.40. The van der Waals surface area contributed by atoms with E-state index in [-0.39, 0.29) is 29.3 Å². The smallest absolute Gasteiger partial charge is 0.221 e. The summed E-state index contributed by atoms with van der Waals surface area (Å²) in [5.41, 5.74) is 12.0. The molecule has 0 aliphatic carbocycles. The summed E-state index contributed by atoms with van der Waals surface area (Å²) in [6.45, 7) is 11.8. The predicted octanol–water partition coefficient (Wildman–Crippen LogP) is 1.72. The lowest BCUT2D eigenvalue weighted by Crippen LogP contribution is -2.60. The molecular weight excluding hydrogens is 238 g/mol. The van der Waals surface area contributed by atoms with E-state index in [1.807, 2.05) is 0 Å². The molecular formula is C15H31N3O. The highest BCUT2D eigenvalue weighted by Crippen LogP contribution is 2.33. The molecule has 0 radical (unpaired) electrons. The van der Waals surface area contributed by atoms with Crippen molar-refractivity contribution in [2.45, 2.75) is 72.0 Å². The maximum Gasteiger partial charge on any atom is 0.221 e. The van der Waals surface area contributed by atoms with Crippen LogP contribution in [0.25, 0.3) is 0 Å². The van der Waals surface area contributed by atoms with Gasteiger partial charge in [0.15, 0.2) is 0 Å². The summed E-state index contributed by atoms with van der Waals surface area (Å²) < 4.78 is 0. The average Bonchev–Trinajstić information content (AvgIpc) is 2.29. The van der Waals surface area contributed by atoms with E-state index in [2.05, 4.69) is 39.5 Å². The zero-order valence-electron chi connectivity index (χ0n) is 13.1. The van der Waals surface area contributed by atoms with Gasteiger partial charge >= 0.3 is 0 Å². The van der Waals surface area contributed by atoms with Crippen LogP contribution >= 0.6 is 0 Å². The van der Waals surface area contributed by atoms with Crippen LogP contribution in [0.4, 0.5) is 0 Å². The Morgan fingerprint density at radius 2 is 1.95 bits per heavy atom. The van der Waals surface area contributed by atoms with Crippen LogP contribution in [-0.2, 0) is 4.79 Å². The van der Waals surface area contributed by atoms with Crippen LogP contribution in [0, 0.1) is 11.3 Å². The lowest BCUT2D eigenvalue weighted by molar-refractivity contribution is -0.125. The lowest BCUT2D eigenvalue weighted by atomic mass is 9.78. The molecule has 0 aromatic carbocycles. The fourth-order valence-corrected chi connectivity index (χ4v) is 3.36. The van der Waals surface area contributed by atoms with Crippen molar-refractivity contribution in [1.29, 1.82) is 0 Å². The van der Waals surface area contributed by atoms with Gasteiger partial charge in [-0.05, 0) is 31.6 Å². The van der Waals surface area contributed by atoms with Gasteiger partial charge in [-0.1, -0.05) is 27.7 Å². The molecule has 19 heavy (non-hydrogen) atoms. The van der Waals surface area contributed by atoms with E-state index >= 15 is 0 Å². The molecule has 4 atom stereocenters. The lowest BCUT2D eigenvalue weighted by Gasteiger charge is -2.49. The van der Waals surface area contributed by atoms with Crippen LogP contribution in [0.15, 0.2) is 0 Å². The summed E-state index contributed by atoms with van der Waals surface area (Å²) in [4.78, 5) is 13.9. The summed E-state index contributed by atoms with van der Waals surface area (Å²) in [5, 5.41) is 0. The largest absolute Gasteiger partial charge is 0.369 e. The molecule has 1 saturated heterocycles. The number of likely N-dealkylation sites (tertiary alicyclic amines) is 1. The van der Waals surface area contributed by atoms with Crippen LogP contribution in [0.3, 0.4) is 0 Å². The second kappa shape index (κ2) is 6.23. The van der Waals surface area contributed by atoms with Crippen molar-refractivity contribution in [2.24, 2.45) is 22.8 Å². The molecule has 0 spiro atoms. The Bertz CT molecular complexity index is 311. The van der Waals surface area contributed by atoms with Crippen LogP contribution in [0.1, 0.15) is 53.9 Å². The first kappa shape index (κ1) is 16.4. The van der Waals surface area contributed by atoms with Crippen LogP contribution in [0.2, 0.25) is 0 Å². The van der Waals surface area contributed by atoms with Gasteiger partial charge in [0.2, 0.25) is 5.91 Å². The third kappa shape index (κ3) is 3.93. The van der Waals surface area contributed by atoms with Gasteiger partial charge in [-0.3, -0.25) is 9.69 Å². The average molecular weight is 269 g/mol. The van der Waals surface area contributed by atoms with Gasteiger partial charge in [0.25, 0.3) is 0 Å². The molecule has 1 amide bonds. The Kier molecular flexibility index (Phi) is 5.39. The Hall–Kier alpha value is -0.610. The molecule has 1 aliphatic heterocycles. The molecule has 4 heteroatoms. The molecule has 4 unspecified atom stereocenters. The van der Waals surface area contributed by atoms with Crippen molar-refractivity contribution in [3.05, 3.63) is 0 Å². The maximum atomic E-state index is 11.5. The Morgan fingerprint density at radius 3 is 2.37 bits per heavy atom. The third-order valence-electron chi connectivity index (χ3n) is 4.45. The molecule has 1 fully saturated rings. The zero-order valence-corrected chi connectivity index (χ0v) is 13.1. The van der Waals surface area contributed by atoms with E-state index in [9.17, 15) is 4.79 Å². The van der Waals surface area contributed by atoms with Gasteiger partial charge in [-0.25, -0.2) is 0 Å². The van der Waals surface area contributed by atoms with E-state index in [1.165, 1.54) is 0 Å². The molecule has 0 bridgehead atoms. The fourth-order valence-electron chi connectivity index (χ4n) is 3.36. The number of amides is 1.